The SMILES string of the molecule is CCOc1cc(/C=N\NC(=O)[C@H](Cc2ccccc2)NC(=O)[C@@H](C)Oc2ccc(Cl)cc2Cl)cc(Br)c1OC(C)C. The minimum atomic E-state index is -0.941. The molecule has 0 aliphatic carbocycles. The summed E-state index contributed by atoms with van der Waals surface area (Å²) in [6.45, 7) is 7.75. The van der Waals surface area contributed by atoms with Crippen LogP contribution in [0.5, 0.6) is 17.2 Å². The molecule has 0 aromatic heterocycles. The second-order valence-electron chi connectivity index (χ2n) is 9.25. The zero-order valence-electron chi connectivity index (χ0n) is 23.1. The zero-order chi connectivity index (χ0) is 29.9. The number of hydrogen-bond donors (Lipinski definition) is 2. The molecule has 0 spiro atoms. The van der Waals surface area contributed by atoms with E-state index in [0.29, 0.717) is 38.9 Å². The second kappa shape index (κ2) is 15.7. The molecule has 2 N–H and O–H groups in total. The summed E-state index contributed by atoms with van der Waals surface area (Å²) in [5.74, 6) is 0.438. The maximum atomic E-state index is 13.2. The van der Waals surface area contributed by atoms with E-state index < -0.39 is 24.0 Å². The fourth-order valence-electron chi connectivity index (χ4n) is 3.69. The smallest absolute Gasteiger partial charge is 0.262 e. The van der Waals surface area contributed by atoms with Gasteiger partial charge in [0.15, 0.2) is 17.6 Å². The number of carbonyl (C=O) groups is 2. The summed E-state index contributed by atoms with van der Waals surface area (Å²) in [4.78, 5) is 26.2. The van der Waals surface area contributed by atoms with E-state index in [2.05, 4.69) is 31.8 Å². The molecule has 218 valence electrons. The van der Waals surface area contributed by atoms with E-state index in [4.69, 9.17) is 37.4 Å². The van der Waals surface area contributed by atoms with E-state index in [1.54, 1.807) is 31.2 Å². The highest BCUT2D eigenvalue weighted by atomic mass is 79.9. The Morgan fingerprint density at radius 2 is 1.71 bits per heavy atom. The van der Waals surface area contributed by atoms with Crippen LogP contribution in [-0.2, 0) is 16.0 Å². The number of hydrazone groups is 1. The minimum absolute atomic E-state index is 0.0441. The zero-order valence-corrected chi connectivity index (χ0v) is 26.2. The molecule has 0 fully saturated rings. The highest BCUT2D eigenvalue weighted by molar-refractivity contribution is 9.10. The van der Waals surface area contributed by atoms with Crippen molar-refractivity contribution < 1.29 is 23.8 Å². The summed E-state index contributed by atoms with van der Waals surface area (Å²) >= 11 is 15.6. The lowest BCUT2D eigenvalue weighted by Crippen LogP contribution is -2.50. The molecule has 2 amide bonds. The molecule has 0 heterocycles. The maximum Gasteiger partial charge on any atom is 0.262 e. The molecule has 3 rings (SSSR count). The van der Waals surface area contributed by atoms with Crippen LogP contribution in [0.25, 0.3) is 0 Å². The number of amides is 2. The number of rotatable bonds is 13. The van der Waals surface area contributed by atoms with Gasteiger partial charge in [-0.3, -0.25) is 9.59 Å². The predicted octanol–water partition coefficient (Wildman–Crippen LogP) is 6.59. The van der Waals surface area contributed by atoms with Crippen LogP contribution in [0, 0.1) is 0 Å². The molecule has 3 aromatic rings. The third-order valence-electron chi connectivity index (χ3n) is 5.56. The quantitative estimate of drug-likeness (QED) is 0.159. The van der Waals surface area contributed by atoms with Gasteiger partial charge in [-0.25, -0.2) is 5.43 Å². The number of halogens is 3. The number of nitrogens with zero attached hydrogens (tertiary/aromatic N) is 1. The highest BCUT2D eigenvalue weighted by Crippen LogP contribution is 2.37. The Balaban J connectivity index is 1.74. The average molecular weight is 665 g/mol. The van der Waals surface area contributed by atoms with E-state index in [-0.39, 0.29) is 17.5 Å². The van der Waals surface area contributed by atoms with Crippen LogP contribution in [0.3, 0.4) is 0 Å². The third-order valence-corrected chi connectivity index (χ3v) is 6.68. The first-order chi connectivity index (χ1) is 19.6. The number of benzene rings is 3. The monoisotopic (exact) mass is 663 g/mol. The van der Waals surface area contributed by atoms with E-state index in [1.807, 2.05) is 51.1 Å². The first kappa shape index (κ1) is 32.2. The lowest BCUT2D eigenvalue weighted by Gasteiger charge is -2.21. The molecule has 0 aliphatic heterocycles. The molecule has 0 saturated carbocycles. The molecule has 0 saturated heterocycles. The highest BCUT2D eigenvalue weighted by Gasteiger charge is 2.25. The fraction of sp³-hybridized carbons (Fsp3) is 0.300. The van der Waals surface area contributed by atoms with Gasteiger partial charge >= 0.3 is 0 Å². The van der Waals surface area contributed by atoms with Gasteiger partial charge in [-0.15, -0.1) is 0 Å². The minimum Gasteiger partial charge on any atom is -0.490 e. The summed E-state index contributed by atoms with van der Waals surface area (Å²) in [6.07, 6.45) is 0.741. The van der Waals surface area contributed by atoms with Crippen LogP contribution in [-0.4, -0.2) is 42.9 Å². The van der Waals surface area contributed by atoms with Gasteiger partial charge in [0, 0.05) is 11.4 Å². The topological polar surface area (TPSA) is 98.2 Å². The number of hydrogen-bond acceptors (Lipinski definition) is 6. The maximum absolute atomic E-state index is 13.2. The van der Waals surface area contributed by atoms with Crippen molar-refractivity contribution in [1.82, 2.24) is 10.7 Å². The van der Waals surface area contributed by atoms with E-state index in [9.17, 15) is 9.59 Å². The van der Waals surface area contributed by atoms with Gasteiger partial charge in [-0.2, -0.15) is 5.10 Å². The predicted molar refractivity (Wildman–Crippen MR) is 165 cm³/mol. The molecule has 3 aromatic carbocycles. The number of nitrogens with one attached hydrogen (secondary N) is 2. The standard InChI is InChI=1S/C30H32BrCl2N3O5/c1-5-39-27-15-21(13-23(31)28(27)40-18(2)3)17-34-36-30(38)25(14-20-9-7-6-8-10-20)35-29(37)19(4)41-26-12-11-22(32)16-24(26)33/h6-13,15-19,25H,5,14H2,1-4H3,(H,35,37)(H,36,38)/b34-17-/t19-,25+/m1/s1. The Kier molecular flexibility index (Phi) is 12.3. The molecule has 41 heavy (non-hydrogen) atoms. The van der Waals surface area contributed by atoms with Crippen LogP contribution in [0.2, 0.25) is 10.0 Å². The largest absolute Gasteiger partial charge is 0.490 e. The van der Waals surface area contributed by atoms with Crippen molar-refractivity contribution in [1.29, 1.82) is 0 Å². The Hall–Kier alpha value is -3.27. The van der Waals surface area contributed by atoms with Crippen molar-refractivity contribution in [2.24, 2.45) is 5.10 Å². The van der Waals surface area contributed by atoms with Gasteiger partial charge in [0.05, 0.1) is 28.4 Å². The molecule has 0 aliphatic rings. The van der Waals surface area contributed by atoms with E-state index >= 15 is 0 Å². The van der Waals surface area contributed by atoms with Crippen LogP contribution in [0.4, 0.5) is 0 Å². The first-order valence-corrected chi connectivity index (χ1v) is 14.5. The van der Waals surface area contributed by atoms with Crippen molar-refractivity contribution in [3.8, 4) is 17.2 Å². The summed E-state index contributed by atoms with van der Waals surface area (Å²) in [7, 11) is 0. The summed E-state index contributed by atoms with van der Waals surface area (Å²) in [5, 5.41) is 7.60. The van der Waals surface area contributed by atoms with Crippen molar-refractivity contribution in [2.75, 3.05) is 6.61 Å². The Bertz CT molecular complexity index is 1370. The molecule has 0 bridgehead atoms. The summed E-state index contributed by atoms with van der Waals surface area (Å²) < 4.78 is 18.0. The Labute approximate surface area is 258 Å². The molecule has 0 radical (unpaired) electrons. The number of carbonyl (C=O) groups excluding carboxylic acids is 2. The second-order valence-corrected chi connectivity index (χ2v) is 10.9. The van der Waals surface area contributed by atoms with Gasteiger partial charge in [0.25, 0.3) is 11.8 Å². The van der Waals surface area contributed by atoms with Crippen LogP contribution in [0.15, 0.2) is 70.2 Å². The summed E-state index contributed by atoms with van der Waals surface area (Å²) in [5.41, 5.74) is 4.06. The normalized spacial score (nSPS) is 12.6. The van der Waals surface area contributed by atoms with Gasteiger partial charge in [0.2, 0.25) is 0 Å². The van der Waals surface area contributed by atoms with Crippen molar-refractivity contribution in [3.63, 3.8) is 0 Å². The molecular formula is C30H32BrCl2N3O5. The lowest BCUT2D eigenvalue weighted by atomic mass is 10.1. The van der Waals surface area contributed by atoms with Gasteiger partial charge in [-0.05, 0) is 85.1 Å². The Morgan fingerprint density at radius 3 is 2.37 bits per heavy atom. The molecule has 2 atom stereocenters. The number of ether oxygens (including phenoxy) is 3. The van der Waals surface area contributed by atoms with Gasteiger partial charge < -0.3 is 19.5 Å². The fourth-order valence-corrected chi connectivity index (χ4v) is 4.69. The van der Waals surface area contributed by atoms with Crippen LogP contribution in [0.1, 0.15) is 38.8 Å². The van der Waals surface area contributed by atoms with Crippen LogP contribution < -0.4 is 25.0 Å². The average Bonchev–Trinajstić information content (AvgIpc) is 2.92. The molecular weight excluding hydrogens is 633 g/mol. The van der Waals surface area contributed by atoms with Crippen LogP contribution >= 0.6 is 39.1 Å². The lowest BCUT2D eigenvalue weighted by molar-refractivity contribution is -0.132. The van der Waals surface area contributed by atoms with Gasteiger partial charge in [0.1, 0.15) is 11.8 Å². The first-order valence-electron chi connectivity index (χ1n) is 13.0. The van der Waals surface area contributed by atoms with Crippen molar-refractivity contribution >= 4 is 57.2 Å². The van der Waals surface area contributed by atoms with E-state index in [1.165, 1.54) is 12.3 Å². The van der Waals surface area contributed by atoms with E-state index in [0.717, 1.165) is 5.56 Å². The van der Waals surface area contributed by atoms with Gasteiger partial charge in [-0.1, -0.05) is 53.5 Å². The molecule has 0 unspecified atom stereocenters. The Morgan fingerprint density at radius 1 is 0.976 bits per heavy atom. The molecule has 8 nitrogen and oxygen atoms in total. The summed E-state index contributed by atoms with van der Waals surface area (Å²) in [6, 6.07) is 16.7. The third kappa shape index (κ3) is 9.95. The van der Waals surface area contributed by atoms with Crippen molar-refractivity contribution in [2.45, 2.75) is 52.4 Å². The van der Waals surface area contributed by atoms with Crippen molar-refractivity contribution in [3.05, 3.63) is 86.3 Å². The molecule has 11 heteroatoms.